The number of allylic oxidation sites excluding steroid dienone is 1. The van der Waals surface area contributed by atoms with Crippen LogP contribution in [0.3, 0.4) is 0 Å². The molecular formula is C25H21ClO5. The van der Waals surface area contributed by atoms with E-state index in [0.717, 1.165) is 16.7 Å². The fraction of sp³-hybridized carbons (Fsp3) is 0.160. The second-order valence-electron chi connectivity index (χ2n) is 7.00. The average Bonchev–Trinajstić information content (AvgIpc) is 3.10. The first-order valence-corrected chi connectivity index (χ1v) is 10.1. The van der Waals surface area contributed by atoms with Gasteiger partial charge in [0.25, 0.3) is 0 Å². The lowest BCUT2D eigenvalue weighted by Crippen LogP contribution is -1.99. The molecular weight excluding hydrogens is 416 g/mol. The Bertz CT molecular complexity index is 1180. The lowest BCUT2D eigenvalue weighted by Gasteiger charge is -2.12. The maximum absolute atomic E-state index is 12.9. The molecule has 0 atom stereocenters. The largest absolute Gasteiger partial charge is 0.493 e. The molecule has 0 bridgehead atoms. The van der Waals surface area contributed by atoms with E-state index in [1.807, 2.05) is 37.3 Å². The highest BCUT2D eigenvalue weighted by Crippen LogP contribution is 2.40. The standard InChI is InChI=1S/C25H21ClO5/c1-15-20(30-14-17-6-4-5-7-19(17)26)11-9-18-24(27)23(31-25(15)18)13-16-8-10-21(28-2)22(12-16)29-3/h4-13H,14H2,1-3H3/b23-13-. The first kappa shape index (κ1) is 20.8. The number of ketones is 1. The summed E-state index contributed by atoms with van der Waals surface area (Å²) < 4.78 is 22.5. The van der Waals surface area contributed by atoms with Crippen LogP contribution in [0, 0.1) is 6.92 Å². The van der Waals surface area contributed by atoms with Crippen molar-refractivity contribution in [3.63, 3.8) is 0 Å². The second-order valence-corrected chi connectivity index (χ2v) is 7.41. The predicted molar refractivity (Wildman–Crippen MR) is 119 cm³/mol. The van der Waals surface area contributed by atoms with Crippen LogP contribution >= 0.6 is 11.6 Å². The van der Waals surface area contributed by atoms with Gasteiger partial charge in [-0.15, -0.1) is 0 Å². The number of hydrogen-bond acceptors (Lipinski definition) is 5. The summed E-state index contributed by atoms with van der Waals surface area (Å²) in [6, 6.07) is 16.4. The molecule has 6 heteroatoms. The van der Waals surface area contributed by atoms with Gasteiger partial charge in [0.05, 0.1) is 19.8 Å². The van der Waals surface area contributed by atoms with Crippen LogP contribution in [0.25, 0.3) is 6.08 Å². The van der Waals surface area contributed by atoms with Crippen molar-refractivity contribution in [2.45, 2.75) is 13.5 Å². The maximum Gasteiger partial charge on any atom is 0.231 e. The van der Waals surface area contributed by atoms with Crippen molar-refractivity contribution in [3.8, 4) is 23.0 Å². The number of ether oxygens (including phenoxy) is 4. The zero-order chi connectivity index (χ0) is 22.0. The van der Waals surface area contributed by atoms with Gasteiger partial charge in [0.2, 0.25) is 5.78 Å². The van der Waals surface area contributed by atoms with Crippen molar-refractivity contribution in [3.05, 3.63) is 87.6 Å². The summed E-state index contributed by atoms with van der Waals surface area (Å²) in [7, 11) is 3.14. The number of halogens is 1. The SMILES string of the molecule is COc1ccc(/C=C2\Oc3c(ccc(OCc4ccccc4Cl)c3C)C2=O)cc1OC. The monoisotopic (exact) mass is 436 g/mol. The topological polar surface area (TPSA) is 54.0 Å². The normalized spacial score (nSPS) is 13.7. The summed E-state index contributed by atoms with van der Waals surface area (Å²) in [5.41, 5.74) is 2.92. The van der Waals surface area contributed by atoms with E-state index in [-0.39, 0.29) is 11.5 Å². The van der Waals surface area contributed by atoms with Crippen LogP contribution in [-0.2, 0) is 6.61 Å². The smallest absolute Gasteiger partial charge is 0.231 e. The average molecular weight is 437 g/mol. The Morgan fingerprint density at radius 1 is 0.968 bits per heavy atom. The Morgan fingerprint density at radius 2 is 1.71 bits per heavy atom. The zero-order valence-electron chi connectivity index (χ0n) is 17.4. The molecule has 1 aliphatic rings. The first-order chi connectivity index (χ1) is 15.0. The molecule has 5 nitrogen and oxygen atoms in total. The fourth-order valence-electron chi connectivity index (χ4n) is 3.39. The molecule has 0 aromatic heterocycles. The molecule has 0 fully saturated rings. The van der Waals surface area contributed by atoms with Gasteiger partial charge < -0.3 is 18.9 Å². The molecule has 3 aromatic carbocycles. The predicted octanol–water partition coefficient (Wildman–Crippen LogP) is 5.86. The minimum Gasteiger partial charge on any atom is -0.493 e. The minimum atomic E-state index is -0.175. The Labute approximate surface area is 185 Å². The van der Waals surface area contributed by atoms with Crippen molar-refractivity contribution in [1.29, 1.82) is 0 Å². The summed E-state index contributed by atoms with van der Waals surface area (Å²) in [5, 5.41) is 0.646. The summed E-state index contributed by atoms with van der Waals surface area (Å²) in [5.74, 6) is 2.40. The molecule has 0 unspecified atom stereocenters. The maximum atomic E-state index is 12.9. The van der Waals surface area contributed by atoms with Gasteiger partial charge in [-0.25, -0.2) is 0 Å². The molecule has 31 heavy (non-hydrogen) atoms. The third-order valence-corrected chi connectivity index (χ3v) is 5.45. The van der Waals surface area contributed by atoms with Crippen molar-refractivity contribution in [1.82, 2.24) is 0 Å². The lowest BCUT2D eigenvalue weighted by molar-refractivity contribution is 0.101. The third kappa shape index (κ3) is 4.09. The van der Waals surface area contributed by atoms with E-state index in [0.29, 0.717) is 40.2 Å². The molecule has 0 radical (unpaired) electrons. The molecule has 0 saturated heterocycles. The van der Waals surface area contributed by atoms with Crippen LogP contribution < -0.4 is 18.9 Å². The van der Waals surface area contributed by atoms with E-state index in [9.17, 15) is 4.79 Å². The Hall–Kier alpha value is -3.44. The zero-order valence-corrected chi connectivity index (χ0v) is 18.2. The Balaban J connectivity index is 1.58. The van der Waals surface area contributed by atoms with Gasteiger partial charge in [-0.2, -0.15) is 0 Å². The number of carbonyl (C=O) groups is 1. The quantitative estimate of drug-likeness (QED) is 0.453. The number of methoxy groups -OCH3 is 2. The van der Waals surface area contributed by atoms with E-state index in [4.69, 9.17) is 30.5 Å². The fourth-order valence-corrected chi connectivity index (χ4v) is 3.58. The van der Waals surface area contributed by atoms with Gasteiger partial charge in [0.15, 0.2) is 17.3 Å². The Kier molecular flexibility index (Phi) is 5.87. The van der Waals surface area contributed by atoms with Crippen molar-refractivity contribution in [2.24, 2.45) is 0 Å². The number of Topliss-reactive ketones (excluding diaryl/α,β-unsaturated/α-hetero) is 1. The van der Waals surface area contributed by atoms with Gasteiger partial charge >= 0.3 is 0 Å². The van der Waals surface area contributed by atoms with Crippen molar-refractivity contribution < 1.29 is 23.7 Å². The van der Waals surface area contributed by atoms with Crippen LogP contribution in [0.2, 0.25) is 5.02 Å². The summed E-state index contributed by atoms with van der Waals surface area (Å²) in [6.07, 6.45) is 1.69. The molecule has 0 amide bonds. The van der Waals surface area contributed by atoms with Gasteiger partial charge in [-0.1, -0.05) is 35.9 Å². The second kappa shape index (κ2) is 8.74. The highest BCUT2D eigenvalue weighted by Gasteiger charge is 2.30. The summed E-state index contributed by atoms with van der Waals surface area (Å²) >= 11 is 6.21. The van der Waals surface area contributed by atoms with Crippen LogP contribution in [0.5, 0.6) is 23.0 Å². The number of carbonyl (C=O) groups excluding carboxylic acids is 1. The molecule has 0 aliphatic carbocycles. The number of fused-ring (bicyclic) bond motifs is 1. The molecule has 1 aliphatic heterocycles. The van der Waals surface area contributed by atoms with Gasteiger partial charge in [-0.3, -0.25) is 4.79 Å². The van der Waals surface area contributed by atoms with Gasteiger partial charge in [0.1, 0.15) is 18.1 Å². The minimum absolute atomic E-state index is 0.175. The number of hydrogen-bond donors (Lipinski definition) is 0. The summed E-state index contributed by atoms with van der Waals surface area (Å²) in [4.78, 5) is 12.9. The van der Waals surface area contributed by atoms with Crippen molar-refractivity contribution >= 4 is 23.5 Å². The first-order valence-electron chi connectivity index (χ1n) is 9.68. The molecule has 3 aromatic rings. The molecule has 4 rings (SSSR count). The summed E-state index contributed by atoms with van der Waals surface area (Å²) in [6.45, 7) is 2.19. The van der Waals surface area contributed by atoms with E-state index in [1.165, 1.54) is 0 Å². The van der Waals surface area contributed by atoms with E-state index < -0.39 is 0 Å². The van der Waals surface area contributed by atoms with Gasteiger partial charge in [0, 0.05) is 16.1 Å². The van der Waals surface area contributed by atoms with Gasteiger partial charge in [-0.05, 0) is 48.9 Å². The number of rotatable bonds is 6. The molecule has 0 saturated carbocycles. The molecule has 1 heterocycles. The highest BCUT2D eigenvalue weighted by atomic mass is 35.5. The van der Waals surface area contributed by atoms with E-state index in [2.05, 4.69) is 0 Å². The van der Waals surface area contributed by atoms with Crippen LogP contribution in [-0.4, -0.2) is 20.0 Å². The van der Waals surface area contributed by atoms with Crippen molar-refractivity contribution in [2.75, 3.05) is 14.2 Å². The van der Waals surface area contributed by atoms with E-state index >= 15 is 0 Å². The van der Waals surface area contributed by atoms with E-state index in [1.54, 1.807) is 44.6 Å². The Morgan fingerprint density at radius 3 is 2.45 bits per heavy atom. The van der Waals surface area contributed by atoms with Crippen LogP contribution in [0.1, 0.15) is 27.0 Å². The van der Waals surface area contributed by atoms with Crippen LogP contribution in [0.15, 0.2) is 60.4 Å². The number of benzene rings is 3. The molecule has 0 spiro atoms. The van der Waals surface area contributed by atoms with Crippen LogP contribution in [0.4, 0.5) is 0 Å². The lowest BCUT2D eigenvalue weighted by atomic mass is 10.1. The highest BCUT2D eigenvalue weighted by molar-refractivity contribution is 6.31. The molecule has 0 N–H and O–H groups in total. The third-order valence-electron chi connectivity index (χ3n) is 5.08. The molecule has 158 valence electrons.